The van der Waals surface area contributed by atoms with Gasteiger partial charge in [-0.1, -0.05) is 0 Å². The van der Waals surface area contributed by atoms with Gasteiger partial charge in [0.1, 0.15) is 0 Å². The van der Waals surface area contributed by atoms with Crippen molar-refractivity contribution in [1.29, 1.82) is 0 Å². The molecule has 0 saturated carbocycles. The summed E-state index contributed by atoms with van der Waals surface area (Å²) in [6.07, 6.45) is 4.96. The molecule has 2 aliphatic carbocycles. The molecule has 96 valence electrons. The third-order valence-electron chi connectivity index (χ3n) is 4.84. The number of rotatable bonds is 2. The van der Waals surface area contributed by atoms with Crippen molar-refractivity contribution >= 4 is 0 Å². The second-order valence-electron chi connectivity index (χ2n) is 6.11. The van der Waals surface area contributed by atoms with Crippen LogP contribution in [0, 0.1) is 0 Å². The zero-order valence-electron chi connectivity index (χ0n) is 12.7. The molecule has 2 aliphatic rings. The molecular formula is C17H24Zr. The molecule has 0 amide bonds. The Balaban J connectivity index is 2.30. The SMILES string of the molecule is CC1=C[C](C)([Zr][CH]2C(C)=CC(C)=C2C)C(C)=C1C. The summed E-state index contributed by atoms with van der Waals surface area (Å²) < 4.78 is 1.23. The van der Waals surface area contributed by atoms with Gasteiger partial charge in [0.05, 0.1) is 0 Å². The number of allylic oxidation sites excluding steroid dienone is 8. The van der Waals surface area contributed by atoms with Crippen LogP contribution in [0.1, 0.15) is 48.5 Å². The second-order valence-corrected chi connectivity index (χ2v) is 10.8. The first-order valence-corrected chi connectivity index (χ1v) is 9.42. The maximum absolute atomic E-state index is 2.55. The first kappa shape index (κ1) is 14.3. The Labute approximate surface area is 124 Å². The van der Waals surface area contributed by atoms with Gasteiger partial charge in [-0.05, 0) is 0 Å². The second kappa shape index (κ2) is 4.75. The molecule has 18 heavy (non-hydrogen) atoms. The minimum atomic E-state index is -0.556. The minimum absolute atomic E-state index is 0.420. The maximum atomic E-state index is 2.55. The molecule has 0 aromatic carbocycles. The standard InChI is InChI=1S/C9H13.C8H11.Zr/c1-6-5-7(2)9(4)8(6)3;1-6-4-7(2)8(3)5-6;/h5H,1-4H3;4-5H,1-3H3;. The van der Waals surface area contributed by atoms with Crippen LogP contribution >= 0.6 is 0 Å². The average molecular weight is 320 g/mol. The fourth-order valence-electron chi connectivity index (χ4n) is 3.11. The van der Waals surface area contributed by atoms with Gasteiger partial charge in [0.25, 0.3) is 0 Å². The van der Waals surface area contributed by atoms with Crippen molar-refractivity contribution in [2.45, 2.75) is 55.2 Å². The van der Waals surface area contributed by atoms with Crippen molar-refractivity contribution in [1.82, 2.24) is 0 Å². The van der Waals surface area contributed by atoms with E-state index in [9.17, 15) is 0 Å². The van der Waals surface area contributed by atoms with E-state index in [1.165, 1.54) is 16.7 Å². The van der Waals surface area contributed by atoms with Crippen molar-refractivity contribution in [2.24, 2.45) is 0 Å². The van der Waals surface area contributed by atoms with Crippen LogP contribution in [-0.4, -0.2) is 0 Å². The van der Waals surface area contributed by atoms with E-state index in [4.69, 9.17) is 0 Å². The van der Waals surface area contributed by atoms with Gasteiger partial charge in [-0.3, -0.25) is 0 Å². The molecule has 0 bridgehead atoms. The first-order chi connectivity index (χ1) is 8.26. The molecule has 0 aromatic rings. The molecule has 0 fully saturated rings. The Morgan fingerprint density at radius 3 is 2.06 bits per heavy atom. The zero-order valence-corrected chi connectivity index (χ0v) is 15.2. The van der Waals surface area contributed by atoms with Crippen LogP contribution in [0.2, 0.25) is 6.75 Å². The van der Waals surface area contributed by atoms with Gasteiger partial charge in [-0.15, -0.1) is 0 Å². The van der Waals surface area contributed by atoms with Crippen molar-refractivity contribution in [3.8, 4) is 0 Å². The molecule has 0 aromatic heterocycles. The summed E-state index contributed by atoms with van der Waals surface area (Å²) in [6, 6.07) is 0. The van der Waals surface area contributed by atoms with E-state index in [2.05, 4.69) is 60.6 Å². The molecule has 0 aliphatic heterocycles. The van der Waals surface area contributed by atoms with Gasteiger partial charge in [0, 0.05) is 0 Å². The summed E-state index contributed by atoms with van der Waals surface area (Å²) in [5.41, 5.74) is 9.45. The van der Waals surface area contributed by atoms with E-state index in [1.807, 2.05) is 0 Å². The van der Waals surface area contributed by atoms with Gasteiger partial charge in [-0.25, -0.2) is 0 Å². The quantitative estimate of drug-likeness (QED) is 0.619. The molecule has 0 radical (unpaired) electrons. The van der Waals surface area contributed by atoms with E-state index in [0.717, 1.165) is 3.63 Å². The van der Waals surface area contributed by atoms with Crippen molar-refractivity contribution in [2.75, 3.05) is 0 Å². The van der Waals surface area contributed by atoms with Gasteiger partial charge in [-0.2, -0.15) is 0 Å². The molecule has 2 atom stereocenters. The molecule has 0 spiro atoms. The molecule has 0 N–H and O–H groups in total. The predicted molar refractivity (Wildman–Crippen MR) is 76.4 cm³/mol. The Morgan fingerprint density at radius 2 is 1.67 bits per heavy atom. The molecule has 0 saturated heterocycles. The molecule has 0 heterocycles. The van der Waals surface area contributed by atoms with Gasteiger partial charge in [0.2, 0.25) is 0 Å². The van der Waals surface area contributed by atoms with E-state index in [-0.39, 0.29) is 0 Å². The summed E-state index contributed by atoms with van der Waals surface area (Å²) in [5.74, 6) is 0. The van der Waals surface area contributed by atoms with Crippen LogP contribution in [0.25, 0.3) is 0 Å². The van der Waals surface area contributed by atoms with Crippen LogP contribution in [0.4, 0.5) is 0 Å². The summed E-state index contributed by atoms with van der Waals surface area (Å²) >= 11 is -0.556. The third-order valence-corrected chi connectivity index (χ3v) is 10.5. The van der Waals surface area contributed by atoms with E-state index in [0.29, 0.717) is 3.12 Å². The Morgan fingerprint density at radius 1 is 1.06 bits per heavy atom. The molecule has 1 heteroatoms. The molecule has 2 rings (SSSR count). The normalized spacial score (nSPS) is 32.1. The summed E-state index contributed by atoms with van der Waals surface area (Å²) in [4.78, 5) is 0. The van der Waals surface area contributed by atoms with Gasteiger partial charge >= 0.3 is 124 Å². The average Bonchev–Trinajstić information content (AvgIpc) is 2.63. The predicted octanol–water partition coefficient (Wildman–Crippen LogP) is 5.63. The fourth-order valence-corrected chi connectivity index (χ4v) is 8.17. The number of hydrogen-bond donors (Lipinski definition) is 0. The Hall–Kier alpha value is -0.157. The van der Waals surface area contributed by atoms with Gasteiger partial charge in [0.15, 0.2) is 0 Å². The van der Waals surface area contributed by atoms with E-state index >= 15 is 0 Å². The first-order valence-electron chi connectivity index (χ1n) is 6.77. The van der Waals surface area contributed by atoms with Crippen molar-refractivity contribution in [3.05, 3.63) is 45.6 Å². The van der Waals surface area contributed by atoms with E-state index in [1.54, 1.807) is 16.7 Å². The Bertz CT molecular complexity index is 514. The van der Waals surface area contributed by atoms with Crippen molar-refractivity contribution in [3.63, 3.8) is 0 Å². The van der Waals surface area contributed by atoms with Crippen LogP contribution in [0.5, 0.6) is 0 Å². The zero-order chi connectivity index (χ0) is 13.7. The monoisotopic (exact) mass is 318 g/mol. The van der Waals surface area contributed by atoms with Crippen molar-refractivity contribution < 1.29 is 23.2 Å². The van der Waals surface area contributed by atoms with Crippen LogP contribution in [0.15, 0.2) is 45.6 Å². The van der Waals surface area contributed by atoms with Crippen LogP contribution in [-0.2, 0) is 23.2 Å². The summed E-state index contributed by atoms with van der Waals surface area (Å²) in [5, 5.41) is 0. The fraction of sp³-hybridized carbons (Fsp3) is 0.529. The molecule has 2 unspecified atom stereocenters. The Kier molecular flexibility index (Phi) is 3.76. The topological polar surface area (TPSA) is 0 Å². The van der Waals surface area contributed by atoms with E-state index < -0.39 is 23.2 Å². The summed E-state index contributed by atoms with van der Waals surface area (Å²) in [7, 11) is 0. The van der Waals surface area contributed by atoms with Crippen LogP contribution in [0.3, 0.4) is 0 Å². The van der Waals surface area contributed by atoms with Gasteiger partial charge < -0.3 is 0 Å². The summed E-state index contributed by atoms with van der Waals surface area (Å²) in [6.45, 7) is 16.3. The molecule has 0 nitrogen and oxygen atoms in total. The number of hydrogen-bond acceptors (Lipinski definition) is 0. The van der Waals surface area contributed by atoms with Crippen LogP contribution < -0.4 is 0 Å². The molecular weight excluding hydrogens is 295 g/mol. The third kappa shape index (κ3) is 2.20.